The van der Waals surface area contributed by atoms with Gasteiger partial charge in [-0.2, -0.15) is 9.78 Å². The first-order valence-corrected chi connectivity index (χ1v) is 7.78. The molecule has 1 aromatic heterocycles. The summed E-state index contributed by atoms with van der Waals surface area (Å²) in [6, 6.07) is 7.75. The molecule has 0 saturated carbocycles. The molecule has 0 bridgehead atoms. The van der Waals surface area contributed by atoms with E-state index in [1.165, 1.54) is 36.4 Å². The summed E-state index contributed by atoms with van der Waals surface area (Å²) in [6.07, 6.45) is 0.750. The van der Waals surface area contributed by atoms with Crippen molar-refractivity contribution in [2.45, 2.75) is 26.3 Å². The Morgan fingerprint density at radius 1 is 1.24 bits per heavy atom. The number of hydrogen-bond donors (Lipinski definition) is 2. The summed E-state index contributed by atoms with van der Waals surface area (Å²) in [7, 11) is 0. The first-order valence-electron chi connectivity index (χ1n) is 7.78. The summed E-state index contributed by atoms with van der Waals surface area (Å²) in [5.74, 6) is -0.429. The lowest BCUT2D eigenvalue weighted by atomic mass is 10.0. The van der Waals surface area contributed by atoms with Crippen molar-refractivity contribution >= 4 is 18.3 Å². The number of rotatable bonds is 6. The van der Waals surface area contributed by atoms with E-state index >= 15 is 0 Å². The van der Waals surface area contributed by atoms with Gasteiger partial charge in [0.05, 0.1) is 5.69 Å². The van der Waals surface area contributed by atoms with Gasteiger partial charge in [-0.05, 0) is 42.7 Å². The van der Waals surface area contributed by atoms with Gasteiger partial charge in [0, 0.05) is 18.7 Å². The lowest BCUT2D eigenvalue weighted by Crippen LogP contribution is -2.41. The van der Waals surface area contributed by atoms with Crippen LogP contribution >= 0.6 is 12.4 Å². The largest absolute Gasteiger partial charge is 0.347 e. The molecule has 2 aromatic rings. The van der Waals surface area contributed by atoms with Crippen molar-refractivity contribution in [1.82, 2.24) is 15.1 Å². The number of aromatic nitrogens is 2. The zero-order chi connectivity index (χ0) is 17.7. The highest BCUT2D eigenvalue weighted by atomic mass is 35.5. The molecule has 0 radical (unpaired) electrons. The fourth-order valence-corrected chi connectivity index (χ4v) is 2.34. The second-order valence-corrected chi connectivity index (χ2v) is 5.98. The van der Waals surface area contributed by atoms with Gasteiger partial charge in [0.2, 0.25) is 0 Å². The molecule has 8 heteroatoms. The maximum atomic E-state index is 13.0. The standard InChI is InChI=1S/C17H21FN4O2.ClH/c1-11(2)9-13(10-19)20-17(24)15-7-8-16(23)22(21-15)14-5-3-12(18)4-6-14;/h3-8,11,13H,9-10,19H2,1-2H3,(H,20,24);1H. The molecule has 0 spiro atoms. The van der Waals surface area contributed by atoms with E-state index in [-0.39, 0.29) is 24.1 Å². The van der Waals surface area contributed by atoms with Gasteiger partial charge in [-0.3, -0.25) is 9.59 Å². The average Bonchev–Trinajstić information content (AvgIpc) is 2.55. The molecule has 6 nitrogen and oxygen atoms in total. The monoisotopic (exact) mass is 368 g/mol. The summed E-state index contributed by atoms with van der Waals surface area (Å²) < 4.78 is 14.1. The van der Waals surface area contributed by atoms with Crippen molar-refractivity contribution in [2.24, 2.45) is 11.7 Å². The topological polar surface area (TPSA) is 90.0 Å². The number of nitrogens with two attached hydrogens (primary N) is 1. The van der Waals surface area contributed by atoms with Crippen molar-refractivity contribution in [1.29, 1.82) is 0 Å². The number of benzene rings is 1. The third-order valence-corrected chi connectivity index (χ3v) is 3.48. The van der Waals surface area contributed by atoms with Gasteiger partial charge in [0.1, 0.15) is 11.5 Å². The van der Waals surface area contributed by atoms with Crippen LogP contribution in [0.3, 0.4) is 0 Å². The van der Waals surface area contributed by atoms with E-state index in [0.717, 1.165) is 11.1 Å². The molecule has 1 aromatic carbocycles. The van der Waals surface area contributed by atoms with Gasteiger partial charge in [-0.25, -0.2) is 4.39 Å². The molecule has 1 amide bonds. The minimum Gasteiger partial charge on any atom is -0.347 e. The number of carbonyl (C=O) groups is 1. The fraction of sp³-hybridized carbons (Fsp3) is 0.353. The molecule has 0 aliphatic carbocycles. The van der Waals surface area contributed by atoms with Crippen LogP contribution in [0, 0.1) is 11.7 Å². The number of nitrogens with one attached hydrogen (secondary N) is 1. The van der Waals surface area contributed by atoms with Crippen molar-refractivity contribution in [3.63, 3.8) is 0 Å². The molecule has 0 aliphatic rings. The quantitative estimate of drug-likeness (QED) is 0.814. The van der Waals surface area contributed by atoms with Crippen LogP contribution in [0.25, 0.3) is 5.69 Å². The lowest BCUT2D eigenvalue weighted by molar-refractivity contribution is 0.0927. The maximum absolute atomic E-state index is 13.0. The maximum Gasteiger partial charge on any atom is 0.272 e. The van der Waals surface area contributed by atoms with E-state index < -0.39 is 17.3 Å². The van der Waals surface area contributed by atoms with Crippen LogP contribution in [-0.4, -0.2) is 28.3 Å². The Hall–Kier alpha value is -2.25. The first-order chi connectivity index (χ1) is 11.4. The Morgan fingerprint density at radius 2 is 1.88 bits per heavy atom. The smallest absolute Gasteiger partial charge is 0.272 e. The summed E-state index contributed by atoms with van der Waals surface area (Å²) in [5, 5.41) is 6.89. The second-order valence-electron chi connectivity index (χ2n) is 5.98. The van der Waals surface area contributed by atoms with E-state index in [4.69, 9.17) is 5.73 Å². The highest BCUT2D eigenvalue weighted by Gasteiger charge is 2.16. The van der Waals surface area contributed by atoms with Gasteiger partial charge in [0.15, 0.2) is 0 Å². The molecule has 0 fully saturated rings. The minimum atomic E-state index is -0.417. The molecule has 1 heterocycles. The van der Waals surface area contributed by atoms with Crippen molar-refractivity contribution in [3.8, 4) is 5.69 Å². The van der Waals surface area contributed by atoms with Crippen LogP contribution in [0.2, 0.25) is 0 Å². The van der Waals surface area contributed by atoms with Gasteiger partial charge in [0.25, 0.3) is 11.5 Å². The molecule has 1 unspecified atom stereocenters. The SMILES string of the molecule is CC(C)CC(CN)NC(=O)c1ccc(=O)n(-c2ccc(F)cc2)n1.Cl. The van der Waals surface area contributed by atoms with Gasteiger partial charge in [-0.1, -0.05) is 13.8 Å². The van der Waals surface area contributed by atoms with Crippen LogP contribution in [0.4, 0.5) is 4.39 Å². The van der Waals surface area contributed by atoms with Crippen LogP contribution in [0.15, 0.2) is 41.2 Å². The molecule has 2 rings (SSSR count). The van der Waals surface area contributed by atoms with E-state index in [0.29, 0.717) is 18.2 Å². The molecule has 136 valence electrons. The van der Waals surface area contributed by atoms with E-state index in [2.05, 4.69) is 10.4 Å². The number of nitrogens with zero attached hydrogens (tertiary/aromatic N) is 2. The van der Waals surface area contributed by atoms with Crippen LogP contribution in [0.1, 0.15) is 30.8 Å². The van der Waals surface area contributed by atoms with Crippen molar-refractivity contribution in [3.05, 3.63) is 58.3 Å². The zero-order valence-corrected chi connectivity index (χ0v) is 14.9. The van der Waals surface area contributed by atoms with Crippen LogP contribution < -0.4 is 16.6 Å². The first kappa shape index (κ1) is 20.8. The molecule has 25 heavy (non-hydrogen) atoms. The third-order valence-electron chi connectivity index (χ3n) is 3.48. The van der Waals surface area contributed by atoms with E-state index in [1.807, 2.05) is 13.8 Å². The van der Waals surface area contributed by atoms with E-state index in [9.17, 15) is 14.0 Å². The van der Waals surface area contributed by atoms with Crippen molar-refractivity contribution < 1.29 is 9.18 Å². The molecule has 1 atom stereocenters. The van der Waals surface area contributed by atoms with Crippen LogP contribution in [-0.2, 0) is 0 Å². The predicted octanol–water partition coefficient (Wildman–Crippen LogP) is 1.90. The normalized spacial score (nSPS) is 11.7. The van der Waals surface area contributed by atoms with Crippen molar-refractivity contribution in [2.75, 3.05) is 6.54 Å². The molecule has 0 saturated heterocycles. The highest BCUT2D eigenvalue weighted by Crippen LogP contribution is 2.07. The number of amides is 1. The third kappa shape index (κ3) is 5.65. The zero-order valence-electron chi connectivity index (χ0n) is 14.1. The Bertz CT molecular complexity index is 762. The Kier molecular flexibility index (Phi) is 7.73. The molecular weight excluding hydrogens is 347 g/mol. The van der Waals surface area contributed by atoms with Gasteiger partial charge >= 0.3 is 0 Å². The predicted molar refractivity (Wildman–Crippen MR) is 96.8 cm³/mol. The van der Waals surface area contributed by atoms with Crippen LogP contribution in [0.5, 0.6) is 0 Å². The van der Waals surface area contributed by atoms with E-state index in [1.54, 1.807) is 0 Å². The van der Waals surface area contributed by atoms with Gasteiger partial charge < -0.3 is 11.1 Å². The Morgan fingerprint density at radius 3 is 2.44 bits per heavy atom. The minimum absolute atomic E-state index is 0. The Balaban J connectivity index is 0.00000312. The summed E-state index contributed by atoms with van der Waals surface area (Å²) in [6.45, 7) is 4.41. The average molecular weight is 369 g/mol. The molecular formula is C17H22ClFN4O2. The number of halogens is 2. The summed E-state index contributed by atoms with van der Waals surface area (Å²) in [5.41, 5.74) is 5.76. The molecule has 3 N–H and O–H groups in total. The summed E-state index contributed by atoms with van der Waals surface area (Å²) in [4.78, 5) is 24.3. The number of carbonyl (C=O) groups excluding carboxylic acids is 1. The second kappa shape index (κ2) is 9.29. The van der Waals surface area contributed by atoms with Gasteiger partial charge in [-0.15, -0.1) is 12.4 Å². The fourth-order valence-electron chi connectivity index (χ4n) is 2.34. The highest BCUT2D eigenvalue weighted by molar-refractivity contribution is 5.92. The lowest BCUT2D eigenvalue weighted by Gasteiger charge is -2.18. The Labute approximate surface area is 151 Å². The number of hydrogen-bond acceptors (Lipinski definition) is 4. The molecule has 0 aliphatic heterocycles. The summed E-state index contributed by atoms with van der Waals surface area (Å²) >= 11 is 0.